The number of sulfonamides is 1. The van der Waals surface area contributed by atoms with Crippen molar-refractivity contribution < 1.29 is 17.2 Å². The highest BCUT2D eigenvalue weighted by Gasteiger charge is 2.66. The van der Waals surface area contributed by atoms with Crippen LogP contribution in [0.2, 0.25) is 0 Å². The summed E-state index contributed by atoms with van der Waals surface area (Å²) >= 11 is 0. The molecule has 2 aromatic carbocycles. The molecule has 2 atom stereocenters. The molecule has 0 unspecified atom stereocenters. The predicted octanol–water partition coefficient (Wildman–Crippen LogP) is 3.12. The van der Waals surface area contributed by atoms with E-state index in [9.17, 15) is 13.2 Å². The molecule has 6 heteroatoms. The summed E-state index contributed by atoms with van der Waals surface area (Å²) in [5.41, 5.74) is 0.123. The fourth-order valence-electron chi connectivity index (χ4n) is 6.11. The van der Waals surface area contributed by atoms with Crippen molar-refractivity contribution in [2.24, 2.45) is 16.7 Å². The standard InChI is InChI=1S/C24H28N2O3S/c1-23(2)19-10-11-24(23,21(27)15-19)16-30(28,29)26-13-12-25-22(26)14-18-8-5-7-17-6-3-4-9-20(17)18/h3-9,19H,10-16H2,1-2H3/p+1/t19-,24-/m0/s1. The lowest BCUT2D eigenvalue weighted by molar-refractivity contribution is -0.354. The second-order valence-corrected chi connectivity index (χ2v) is 11.6. The van der Waals surface area contributed by atoms with Crippen molar-refractivity contribution in [2.75, 3.05) is 18.8 Å². The van der Waals surface area contributed by atoms with Crippen LogP contribution in [0.4, 0.5) is 0 Å². The Kier molecular flexibility index (Phi) is 4.37. The number of hydrogen-bond acceptors (Lipinski definition) is 4. The van der Waals surface area contributed by atoms with Gasteiger partial charge >= 0.3 is 10.0 Å². The van der Waals surface area contributed by atoms with Crippen molar-refractivity contribution in [3.63, 3.8) is 0 Å². The number of carbonyl (C=O) groups excluding carboxylic acids is 1. The predicted molar refractivity (Wildman–Crippen MR) is 118 cm³/mol. The lowest BCUT2D eigenvalue weighted by Gasteiger charge is -2.35. The van der Waals surface area contributed by atoms with Gasteiger partial charge in [-0.25, -0.2) is 0 Å². The van der Waals surface area contributed by atoms with Crippen molar-refractivity contribution >= 4 is 32.4 Å². The number of ketones is 1. The number of Topliss-reactive ketones (excluding diaryl/α,β-unsaturated/α-hetero) is 1. The zero-order valence-corrected chi connectivity index (χ0v) is 18.5. The Morgan fingerprint density at radius 3 is 2.63 bits per heavy atom. The van der Waals surface area contributed by atoms with Gasteiger partial charge in [-0.2, -0.15) is 12.4 Å². The number of fused-ring (bicyclic) bond motifs is 3. The Morgan fingerprint density at radius 1 is 1.13 bits per heavy atom. The zero-order chi connectivity index (χ0) is 21.1. The Morgan fingerprint density at radius 2 is 1.90 bits per heavy atom. The van der Waals surface area contributed by atoms with Crippen molar-refractivity contribution in [1.82, 2.24) is 5.32 Å². The molecule has 1 N–H and O–H groups in total. The van der Waals surface area contributed by atoms with Crippen LogP contribution in [0.15, 0.2) is 42.5 Å². The van der Waals surface area contributed by atoms with Gasteiger partial charge in [-0.1, -0.05) is 56.3 Å². The van der Waals surface area contributed by atoms with E-state index in [4.69, 9.17) is 0 Å². The van der Waals surface area contributed by atoms with Gasteiger partial charge in [0.05, 0.1) is 11.8 Å². The van der Waals surface area contributed by atoms with Crippen LogP contribution in [0, 0.1) is 16.7 Å². The van der Waals surface area contributed by atoms with E-state index in [0.717, 1.165) is 28.6 Å². The van der Waals surface area contributed by atoms with Crippen LogP contribution in [-0.2, 0) is 21.2 Å². The molecule has 158 valence electrons. The van der Waals surface area contributed by atoms with Crippen molar-refractivity contribution in [2.45, 2.75) is 39.5 Å². The molecule has 0 spiro atoms. The summed E-state index contributed by atoms with van der Waals surface area (Å²) in [6, 6.07) is 14.3. The van der Waals surface area contributed by atoms with Crippen LogP contribution >= 0.6 is 0 Å². The molecule has 2 aromatic rings. The van der Waals surface area contributed by atoms with E-state index in [1.54, 1.807) is 3.98 Å². The average molecular weight is 426 g/mol. The normalized spacial score (nSPS) is 27.8. The minimum absolute atomic E-state index is 0.0664. The van der Waals surface area contributed by atoms with Gasteiger partial charge in [0.25, 0.3) is 5.84 Å². The molecule has 5 nitrogen and oxygen atoms in total. The van der Waals surface area contributed by atoms with Gasteiger partial charge < -0.3 is 0 Å². The molecule has 0 saturated heterocycles. The lowest BCUT2D eigenvalue weighted by Crippen LogP contribution is -2.45. The molecule has 1 heterocycles. The van der Waals surface area contributed by atoms with E-state index in [2.05, 4.69) is 43.4 Å². The average Bonchev–Trinajstić information content (AvgIpc) is 3.32. The summed E-state index contributed by atoms with van der Waals surface area (Å²) in [6.45, 7) is 5.21. The van der Waals surface area contributed by atoms with E-state index in [1.165, 1.54) is 0 Å². The maximum Gasteiger partial charge on any atom is 0.301 e. The smallest absolute Gasteiger partial charge is 0.299 e. The third-order valence-electron chi connectivity index (χ3n) is 8.09. The first-order valence-corrected chi connectivity index (χ1v) is 12.5. The van der Waals surface area contributed by atoms with E-state index in [0.29, 0.717) is 38.3 Å². The summed E-state index contributed by atoms with van der Waals surface area (Å²) in [6.07, 6.45) is 2.72. The molecular weight excluding hydrogens is 396 g/mol. The Labute approximate surface area is 178 Å². The van der Waals surface area contributed by atoms with E-state index < -0.39 is 15.4 Å². The minimum Gasteiger partial charge on any atom is -0.299 e. The topological polar surface area (TPSA) is 66.2 Å². The summed E-state index contributed by atoms with van der Waals surface area (Å²) in [4.78, 5) is 12.9. The van der Waals surface area contributed by atoms with Gasteiger partial charge in [0.2, 0.25) is 0 Å². The molecule has 2 aliphatic carbocycles. The fourth-order valence-corrected chi connectivity index (χ4v) is 8.40. The summed E-state index contributed by atoms with van der Waals surface area (Å²) in [5, 5.41) is 5.59. The highest BCUT2D eigenvalue weighted by Crippen LogP contribution is 2.64. The van der Waals surface area contributed by atoms with Gasteiger partial charge in [-0.15, -0.1) is 0 Å². The number of benzene rings is 2. The van der Waals surface area contributed by atoms with E-state index >= 15 is 0 Å². The molecule has 5 rings (SSSR count). The van der Waals surface area contributed by atoms with Gasteiger partial charge in [-0.05, 0) is 40.5 Å². The molecular formula is C24H29N2O3S+. The maximum atomic E-state index is 13.6. The van der Waals surface area contributed by atoms with Gasteiger partial charge in [0.1, 0.15) is 24.6 Å². The number of nitrogens with zero attached hydrogens (tertiary/aromatic N) is 1. The quantitative estimate of drug-likeness (QED) is 0.748. The van der Waals surface area contributed by atoms with E-state index in [1.807, 2.05) is 18.2 Å². The highest BCUT2D eigenvalue weighted by atomic mass is 32.2. The highest BCUT2D eigenvalue weighted by molar-refractivity contribution is 7.85. The third kappa shape index (κ3) is 2.76. The van der Waals surface area contributed by atoms with Crippen molar-refractivity contribution in [3.8, 4) is 0 Å². The number of nitrogens with one attached hydrogen (secondary N) is 1. The van der Waals surface area contributed by atoms with Crippen LogP contribution < -0.4 is 5.32 Å². The van der Waals surface area contributed by atoms with Crippen LogP contribution in [0.3, 0.4) is 0 Å². The van der Waals surface area contributed by atoms with Crippen LogP contribution in [-0.4, -0.2) is 42.9 Å². The lowest BCUT2D eigenvalue weighted by atomic mass is 9.70. The van der Waals surface area contributed by atoms with Crippen LogP contribution in [0.1, 0.15) is 38.7 Å². The first-order valence-electron chi connectivity index (χ1n) is 10.8. The number of hydrogen-bond donors (Lipinski definition) is 1. The molecule has 3 aliphatic rings. The van der Waals surface area contributed by atoms with Gasteiger partial charge in [0, 0.05) is 6.42 Å². The van der Waals surface area contributed by atoms with Gasteiger partial charge in [0.15, 0.2) is 0 Å². The molecule has 30 heavy (non-hydrogen) atoms. The molecule has 1 aliphatic heterocycles. The first-order chi connectivity index (χ1) is 14.2. The van der Waals surface area contributed by atoms with Crippen LogP contribution in [0.25, 0.3) is 10.8 Å². The molecule has 2 saturated carbocycles. The second kappa shape index (κ2) is 6.64. The van der Waals surface area contributed by atoms with E-state index in [-0.39, 0.29) is 17.0 Å². The Bertz CT molecular complexity index is 1180. The largest absolute Gasteiger partial charge is 0.301 e. The Hall–Kier alpha value is -2.21. The molecule has 2 fully saturated rings. The first kappa shape index (κ1) is 19.7. The number of carbonyl (C=O) groups is 1. The third-order valence-corrected chi connectivity index (χ3v) is 10.0. The van der Waals surface area contributed by atoms with Crippen LogP contribution in [0.5, 0.6) is 0 Å². The fraction of sp³-hybridized carbons (Fsp3) is 0.500. The molecule has 0 aromatic heterocycles. The van der Waals surface area contributed by atoms with Crippen molar-refractivity contribution in [1.29, 1.82) is 0 Å². The molecule has 0 radical (unpaired) electrons. The van der Waals surface area contributed by atoms with Gasteiger partial charge in [-0.3, -0.25) is 10.1 Å². The summed E-state index contributed by atoms with van der Waals surface area (Å²) in [5.74, 6) is 1.12. The SMILES string of the molecule is CC1(C)[C@H]2CC[C@]1(CS(=O)(=O)[N+]1=C(Cc3cccc4ccccc34)NCC1)C(=O)C2. The Balaban J connectivity index is 1.50. The summed E-state index contributed by atoms with van der Waals surface area (Å²) < 4.78 is 28.7. The number of rotatable bonds is 5. The molecule has 0 amide bonds. The molecule has 2 bridgehead atoms. The van der Waals surface area contributed by atoms with Crippen molar-refractivity contribution in [3.05, 3.63) is 48.0 Å². The monoisotopic (exact) mass is 425 g/mol. The minimum atomic E-state index is -3.60. The summed E-state index contributed by atoms with van der Waals surface area (Å²) in [7, 11) is -3.60. The zero-order valence-electron chi connectivity index (χ0n) is 17.6. The maximum absolute atomic E-state index is 13.6. The second-order valence-electron chi connectivity index (χ2n) is 9.68. The number of amidine groups is 1.